The summed E-state index contributed by atoms with van der Waals surface area (Å²) in [5.74, 6) is 0.956. The van der Waals surface area contributed by atoms with Crippen LogP contribution in [0, 0.1) is 0 Å². The van der Waals surface area contributed by atoms with E-state index in [1.807, 2.05) is 30.3 Å². The van der Waals surface area contributed by atoms with E-state index >= 15 is 0 Å². The third-order valence-electron chi connectivity index (χ3n) is 1.36. The Morgan fingerprint density at radius 3 is 2.58 bits per heavy atom. The van der Waals surface area contributed by atoms with Crippen molar-refractivity contribution in [1.82, 2.24) is 0 Å². The molecule has 1 heterocycles. The monoisotopic (exact) mass is 164 g/mol. The maximum absolute atomic E-state index is 8.36. The van der Waals surface area contributed by atoms with Gasteiger partial charge in [0.1, 0.15) is 5.76 Å². The van der Waals surface area contributed by atoms with Gasteiger partial charge in [0.15, 0.2) is 0 Å². The topological polar surface area (TPSA) is 50.4 Å². The van der Waals surface area contributed by atoms with E-state index in [1.165, 1.54) is 0 Å². The van der Waals surface area contributed by atoms with Crippen molar-refractivity contribution in [3.63, 3.8) is 0 Å². The maximum atomic E-state index is 8.36. The zero-order valence-electron chi connectivity index (χ0n) is 6.31. The van der Waals surface area contributed by atoms with Crippen molar-refractivity contribution in [1.29, 1.82) is 0 Å². The largest absolute Gasteiger partial charge is 0.483 e. The predicted molar refractivity (Wildman–Crippen MR) is 44.0 cm³/mol. The van der Waals surface area contributed by atoms with Gasteiger partial charge in [-0.15, -0.1) is 0 Å². The molecule has 12 heavy (non-hydrogen) atoms. The molecule has 3 heteroatoms. The standard InChI is InChI=1S/C8H6O.CH2O2/c1-3-7-4-2-6-9-8(7)5-1;2-1-3/h1-6H;1H,(H,2,3). The van der Waals surface area contributed by atoms with Gasteiger partial charge in [-0.2, -0.15) is 0 Å². The molecule has 2 aliphatic rings. The summed E-state index contributed by atoms with van der Waals surface area (Å²) in [6.45, 7) is -0.250. The van der Waals surface area contributed by atoms with Crippen molar-refractivity contribution in [2.75, 3.05) is 0 Å². The minimum absolute atomic E-state index is 0.250. The molecule has 2 rings (SSSR count). The molecule has 0 aromatic heterocycles. The Morgan fingerprint density at radius 2 is 1.92 bits per heavy atom. The summed E-state index contributed by atoms with van der Waals surface area (Å²) in [5.41, 5.74) is 1.16. The molecule has 1 aliphatic carbocycles. The van der Waals surface area contributed by atoms with Gasteiger partial charge in [0, 0.05) is 5.56 Å². The summed E-state index contributed by atoms with van der Waals surface area (Å²) >= 11 is 0. The van der Waals surface area contributed by atoms with Gasteiger partial charge >= 0.3 is 0 Å². The van der Waals surface area contributed by atoms with Crippen LogP contribution >= 0.6 is 0 Å². The zero-order chi connectivity index (χ0) is 8.81. The molecule has 0 amide bonds. The molecule has 0 bridgehead atoms. The normalized spacial score (nSPS) is 8.67. The van der Waals surface area contributed by atoms with E-state index in [0.717, 1.165) is 11.3 Å². The molecule has 3 nitrogen and oxygen atoms in total. The van der Waals surface area contributed by atoms with Crippen molar-refractivity contribution in [2.24, 2.45) is 0 Å². The zero-order valence-corrected chi connectivity index (χ0v) is 6.31. The number of hydrogen-bond donors (Lipinski definition) is 1. The number of fused-ring (bicyclic) bond motifs is 1. The van der Waals surface area contributed by atoms with Gasteiger partial charge in [0.05, 0.1) is 6.26 Å². The number of rotatable bonds is 0. The second kappa shape index (κ2) is 4.18. The molecule has 0 unspecified atom stereocenters. The van der Waals surface area contributed by atoms with Crippen LogP contribution in [-0.2, 0) is 4.79 Å². The highest BCUT2D eigenvalue weighted by Gasteiger charge is 1.98. The maximum Gasteiger partial charge on any atom is 0.290 e. The molecule has 0 aromatic carbocycles. The van der Waals surface area contributed by atoms with Crippen LogP contribution < -0.4 is 0 Å². The fourth-order valence-corrected chi connectivity index (χ4v) is 0.918. The van der Waals surface area contributed by atoms with E-state index in [9.17, 15) is 0 Å². The molecule has 0 saturated heterocycles. The second-order valence-corrected chi connectivity index (χ2v) is 2.06. The number of carboxylic acid groups (broad SMARTS) is 1. The fraction of sp³-hybridized carbons (Fsp3) is 0. The van der Waals surface area contributed by atoms with Crippen LogP contribution in [0.1, 0.15) is 0 Å². The van der Waals surface area contributed by atoms with E-state index in [0.29, 0.717) is 0 Å². The van der Waals surface area contributed by atoms with Gasteiger partial charge in [-0.05, 0) is 18.2 Å². The minimum Gasteiger partial charge on any atom is -0.483 e. The Hall–Kier alpha value is -1.77. The lowest BCUT2D eigenvalue weighted by Crippen LogP contribution is -1.67. The smallest absolute Gasteiger partial charge is 0.290 e. The summed E-state index contributed by atoms with van der Waals surface area (Å²) in [6.07, 6.45) is 1.68. The first kappa shape index (κ1) is 8.33. The van der Waals surface area contributed by atoms with E-state index in [-0.39, 0.29) is 6.47 Å². The highest BCUT2D eigenvalue weighted by atomic mass is 16.3. The highest BCUT2D eigenvalue weighted by Crippen LogP contribution is 2.20. The van der Waals surface area contributed by atoms with Crippen LogP contribution in [0.3, 0.4) is 0 Å². The number of hydrogen-bond acceptors (Lipinski definition) is 2. The van der Waals surface area contributed by atoms with Crippen LogP contribution in [-0.4, -0.2) is 11.6 Å². The quantitative estimate of drug-likeness (QED) is 0.606. The Labute approximate surface area is 69.6 Å². The van der Waals surface area contributed by atoms with Gasteiger partial charge in [0.25, 0.3) is 6.47 Å². The average Bonchev–Trinajstić information content (AvgIpc) is 2.52. The summed E-state index contributed by atoms with van der Waals surface area (Å²) in [4.78, 5) is 8.36. The van der Waals surface area contributed by atoms with E-state index < -0.39 is 0 Å². The van der Waals surface area contributed by atoms with E-state index in [4.69, 9.17) is 14.3 Å². The summed E-state index contributed by atoms with van der Waals surface area (Å²) < 4.78 is 5.15. The van der Waals surface area contributed by atoms with Crippen molar-refractivity contribution in [3.8, 4) is 11.3 Å². The van der Waals surface area contributed by atoms with Gasteiger partial charge in [0.2, 0.25) is 0 Å². The van der Waals surface area contributed by atoms with Crippen molar-refractivity contribution >= 4 is 6.47 Å². The molecule has 0 fully saturated rings. The SMILES string of the molecule is O=CO.c1coc2cccc-2c1. The van der Waals surface area contributed by atoms with Crippen molar-refractivity contribution in [3.05, 3.63) is 36.6 Å². The minimum atomic E-state index is -0.250. The van der Waals surface area contributed by atoms with Gasteiger partial charge in [-0.3, -0.25) is 4.79 Å². The summed E-state index contributed by atoms with van der Waals surface area (Å²) in [6, 6.07) is 9.88. The predicted octanol–water partition coefficient (Wildman–Crippen LogP) is 2.09. The molecule has 0 spiro atoms. The van der Waals surface area contributed by atoms with Gasteiger partial charge in [-0.25, -0.2) is 0 Å². The molecule has 0 saturated carbocycles. The molecular weight excluding hydrogens is 156 g/mol. The molecule has 0 radical (unpaired) electrons. The second-order valence-electron chi connectivity index (χ2n) is 2.06. The summed E-state index contributed by atoms with van der Waals surface area (Å²) in [5, 5.41) is 6.89. The first-order valence-corrected chi connectivity index (χ1v) is 3.38. The lowest BCUT2D eigenvalue weighted by atomic mass is 10.3. The Kier molecular flexibility index (Phi) is 2.90. The van der Waals surface area contributed by atoms with Crippen molar-refractivity contribution < 1.29 is 14.3 Å². The average molecular weight is 164 g/mol. The third kappa shape index (κ3) is 1.85. The lowest BCUT2D eigenvalue weighted by molar-refractivity contribution is -0.122. The van der Waals surface area contributed by atoms with Crippen LogP contribution in [0.4, 0.5) is 0 Å². The number of carbonyl (C=O) groups is 1. The van der Waals surface area contributed by atoms with Gasteiger partial charge < -0.3 is 9.52 Å². The molecule has 1 N–H and O–H groups in total. The van der Waals surface area contributed by atoms with Crippen molar-refractivity contribution in [2.45, 2.75) is 0 Å². The molecular formula is C9H8O3. The van der Waals surface area contributed by atoms with Crippen LogP contribution in [0.25, 0.3) is 11.3 Å². The van der Waals surface area contributed by atoms with Crippen LogP contribution in [0.2, 0.25) is 0 Å². The van der Waals surface area contributed by atoms with Crippen LogP contribution in [0.5, 0.6) is 0 Å². The lowest BCUT2D eigenvalue weighted by Gasteiger charge is -1.92. The molecule has 62 valence electrons. The first-order valence-electron chi connectivity index (χ1n) is 3.38. The Morgan fingerprint density at radius 1 is 1.25 bits per heavy atom. The fourth-order valence-electron chi connectivity index (χ4n) is 0.918. The third-order valence-corrected chi connectivity index (χ3v) is 1.36. The first-order chi connectivity index (χ1) is 5.88. The van der Waals surface area contributed by atoms with E-state index in [1.54, 1.807) is 6.26 Å². The summed E-state index contributed by atoms with van der Waals surface area (Å²) in [7, 11) is 0. The highest BCUT2D eigenvalue weighted by molar-refractivity contribution is 5.59. The molecule has 1 aliphatic heterocycles. The molecule has 0 atom stereocenters. The molecule has 0 aromatic rings. The Bertz CT molecular complexity index is 286. The van der Waals surface area contributed by atoms with Crippen LogP contribution in [0.15, 0.2) is 41.0 Å². The van der Waals surface area contributed by atoms with E-state index in [2.05, 4.69) is 0 Å². The van der Waals surface area contributed by atoms with Gasteiger partial charge in [-0.1, -0.05) is 12.1 Å². The Balaban J connectivity index is 0.000000213.